The van der Waals surface area contributed by atoms with Gasteiger partial charge in [-0.1, -0.05) is 66.7 Å². The molecular weight excluding hydrogens is 366 g/mol. The third-order valence-corrected chi connectivity index (χ3v) is 6.03. The zero-order chi connectivity index (χ0) is 21.4. The lowest BCUT2D eigenvalue weighted by molar-refractivity contribution is 0.673. The van der Waals surface area contributed by atoms with E-state index in [9.17, 15) is 0 Å². The molecule has 0 saturated heterocycles. The van der Waals surface area contributed by atoms with Crippen molar-refractivity contribution in [1.82, 2.24) is 4.98 Å². The summed E-state index contributed by atoms with van der Waals surface area (Å²) in [5.74, 6) is 0. The molecule has 2 aromatic heterocycles. The Bertz CT molecular complexity index is 1760. The zero-order valence-corrected chi connectivity index (χ0v) is 16.0. The van der Waals surface area contributed by atoms with Crippen molar-refractivity contribution in [3.63, 3.8) is 0 Å². The molecule has 0 N–H and O–H groups in total. The zero-order valence-electron chi connectivity index (χ0n) is 18.0. The van der Waals surface area contributed by atoms with E-state index in [0.717, 1.165) is 60.4 Å². The van der Waals surface area contributed by atoms with E-state index >= 15 is 0 Å². The number of fused-ring (bicyclic) bond motifs is 5. The monoisotopic (exact) mass is 385 g/mol. The van der Waals surface area contributed by atoms with Gasteiger partial charge < -0.3 is 4.42 Å². The standard InChI is InChI=1S/C28H17NO/c1-2-13-24-17(6-1)14-15-25(29-24)21-11-5-10-20-23-16-19-9-3-7-18-8-4-12-22(26(18)19)28(23)30-27(20)21/h1-8,10-16H,9H2/i9D2. The predicted octanol–water partition coefficient (Wildman–Crippen LogP) is 7.52. The van der Waals surface area contributed by atoms with Crippen LogP contribution < -0.4 is 0 Å². The van der Waals surface area contributed by atoms with Crippen LogP contribution in [0.4, 0.5) is 0 Å². The van der Waals surface area contributed by atoms with E-state index in [0.29, 0.717) is 5.56 Å². The molecule has 7 rings (SSSR count). The molecule has 0 aliphatic heterocycles. The summed E-state index contributed by atoms with van der Waals surface area (Å²) in [5, 5.41) is 4.88. The molecule has 140 valence electrons. The maximum absolute atomic E-state index is 8.57. The lowest BCUT2D eigenvalue weighted by atomic mass is 9.91. The van der Waals surface area contributed by atoms with Crippen molar-refractivity contribution in [1.29, 1.82) is 0 Å². The Labute approximate surface area is 175 Å². The lowest BCUT2D eigenvalue weighted by Gasteiger charge is -2.12. The summed E-state index contributed by atoms with van der Waals surface area (Å²) in [5.41, 5.74) is 6.02. The van der Waals surface area contributed by atoms with Gasteiger partial charge in [0.25, 0.3) is 0 Å². The number of hydrogen-bond donors (Lipinski definition) is 0. The van der Waals surface area contributed by atoms with Gasteiger partial charge >= 0.3 is 0 Å². The van der Waals surface area contributed by atoms with Gasteiger partial charge in [-0.05, 0) is 47.2 Å². The average Bonchev–Trinajstić information content (AvgIpc) is 3.20. The Hall–Kier alpha value is -3.91. The first kappa shape index (κ1) is 14.1. The minimum absolute atomic E-state index is 0.690. The fourth-order valence-electron chi connectivity index (χ4n) is 4.65. The van der Waals surface area contributed by atoms with Gasteiger partial charge in [-0.25, -0.2) is 4.98 Å². The highest BCUT2D eigenvalue weighted by Crippen LogP contribution is 2.41. The normalized spacial score (nSPS) is 15.7. The third kappa shape index (κ3) is 2.11. The third-order valence-electron chi connectivity index (χ3n) is 6.03. The van der Waals surface area contributed by atoms with Crippen LogP contribution in [0.5, 0.6) is 0 Å². The number of hydrogen-bond acceptors (Lipinski definition) is 2. The second-order valence-electron chi connectivity index (χ2n) is 7.72. The fraction of sp³-hybridized carbons (Fsp3) is 0.0357. The lowest BCUT2D eigenvalue weighted by Crippen LogP contribution is -1.92. The molecule has 0 amide bonds. The van der Waals surface area contributed by atoms with Gasteiger partial charge in [-0.15, -0.1) is 0 Å². The van der Waals surface area contributed by atoms with Crippen LogP contribution in [0.2, 0.25) is 0 Å². The Morgan fingerprint density at radius 1 is 0.800 bits per heavy atom. The molecule has 30 heavy (non-hydrogen) atoms. The summed E-state index contributed by atoms with van der Waals surface area (Å²) in [4.78, 5) is 4.88. The molecule has 0 saturated carbocycles. The van der Waals surface area contributed by atoms with Crippen LogP contribution >= 0.6 is 0 Å². The molecule has 2 nitrogen and oxygen atoms in total. The molecule has 2 heteroatoms. The van der Waals surface area contributed by atoms with E-state index in [1.54, 1.807) is 6.08 Å². The molecule has 0 spiro atoms. The van der Waals surface area contributed by atoms with Crippen molar-refractivity contribution in [3.05, 3.63) is 96.1 Å². The summed E-state index contributed by atoms with van der Waals surface area (Å²) in [7, 11) is 0. The van der Waals surface area contributed by atoms with Crippen LogP contribution in [0, 0.1) is 0 Å². The Kier molecular flexibility index (Phi) is 2.73. The van der Waals surface area contributed by atoms with Gasteiger partial charge in [0.2, 0.25) is 0 Å². The van der Waals surface area contributed by atoms with Gasteiger partial charge in [-0.3, -0.25) is 0 Å². The molecule has 1 aliphatic rings. The minimum Gasteiger partial charge on any atom is -0.455 e. The number of allylic oxidation sites excluding steroid dienone is 1. The maximum atomic E-state index is 8.57. The Morgan fingerprint density at radius 2 is 1.70 bits per heavy atom. The smallest absolute Gasteiger partial charge is 0.144 e. The minimum atomic E-state index is -1.53. The summed E-state index contributed by atoms with van der Waals surface area (Å²) in [6.07, 6.45) is 1.98. The first-order valence-corrected chi connectivity index (χ1v) is 10.1. The van der Waals surface area contributed by atoms with Crippen molar-refractivity contribution in [2.24, 2.45) is 0 Å². The van der Waals surface area contributed by atoms with Gasteiger partial charge in [0.15, 0.2) is 0 Å². The van der Waals surface area contributed by atoms with Crippen molar-refractivity contribution >= 4 is 49.7 Å². The molecule has 6 aromatic rings. The van der Waals surface area contributed by atoms with E-state index in [-0.39, 0.29) is 0 Å². The second kappa shape index (κ2) is 5.80. The van der Waals surface area contributed by atoms with Gasteiger partial charge in [0, 0.05) is 29.8 Å². The SMILES string of the molecule is [2H]C1([2H])C=Cc2cccc3c2c1cc1c2cccc(-c4ccc5ccccc5n4)c2oc31. The number of furan rings is 1. The number of benzene rings is 4. The van der Waals surface area contributed by atoms with E-state index in [1.807, 2.05) is 72.8 Å². The van der Waals surface area contributed by atoms with E-state index in [4.69, 9.17) is 12.1 Å². The van der Waals surface area contributed by atoms with Crippen molar-refractivity contribution in [3.8, 4) is 11.3 Å². The van der Waals surface area contributed by atoms with Crippen LogP contribution in [0.1, 0.15) is 13.9 Å². The van der Waals surface area contributed by atoms with Crippen LogP contribution in [0.15, 0.2) is 89.4 Å². The Morgan fingerprint density at radius 3 is 2.70 bits per heavy atom. The molecule has 2 heterocycles. The molecular formula is C28H17NO. The quantitative estimate of drug-likeness (QED) is 0.292. The van der Waals surface area contributed by atoms with Crippen molar-refractivity contribution in [2.75, 3.05) is 0 Å². The van der Waals surface area contributed by atoms with Crippen molar-refractivity contribution < 1.29 is 7.16 Å². The van der Waals surface area contributed by atoms with Crippen LogP contribution in [0.25, 0.3) is 60.9 Å². The predicted molar refractivity (Wildman–Crippen MR) is 125 cm³/mol. The van der Waals surface area contributed by atoms with Gasteiger partial charge in [-0.2, -0.15) is 0 Å². The number of para-hydroxylation sites is 2. The molecule has 1 aliphatic carbocycles. The number of pyridine rings is 1. The highest BCUT2D eigenvalue weighted by Gasteiger charge is 2.18. The summed E-state index contributed by atoms with van der Waals surface area (Å²) in [6.45, 7) is 0. The number of rotatable bonds is 1. The highest BCUT2D eigenvalue weighted by molar-refractivity contribution is 6.19. The van der Waals surface area contributed by atoms with Crippen LogP contribution in [0.3, 0.4) is 0 Å². The largest absolute Gasteiger partial charge is 0.455 e. The second-order valence-corrected chi connectivity index (χ2v) is 7.72. The fourth-order valence-corrected chi connectivity index (χ4v) is 4.65. The summed E-state index contributed by atoms with van der Waals surface area (Å²) < 4.78 is 23.7. The molecule has 0 radical (unpaired) electrons. The molecule has 0 fully saturated rings. The molecule has 0 bridgehead atoms. The van der Waals surface area contributed by atoms with E-state index in [2.05, 4.69) is 12.1 Å². The molecule has 0 unspecified atom stereocenters. The molecule has 4 aromatic carbocycles. The van der Waals surface area contributed by atoms with Gasteiger partial charge in [0.05, 0.1) is 11.2 Å². The number of aromatic nitrogens is 1. The topological polar surface area (TPSA) is 26.0 Å². The summed E-state index contributed by atoms with van der Waals surface area (Å²) in [6, 6.07) is 26.3. The summed E-state index contributed by atoms with van der Waals surface area (Å²) >= 11 is 0. The Balaban J connectivity index is 1.59. The average molecular weight is 385 g/mol. The van der Waals surface area contributed by atoms with E-state index < -0.39 is 6.37 Å². The van der Waals surface area contributed by atoms with Gasteiger partial charge in [0.1, 0.15) is 11.2 Å². The number of nitrogens with zero attached hydrogens (tertiary/aromatic N) is 1. The highest BCUT2D eigenvalue weighted by atomic mass is 16.3. The first-order valence-electron chi connectivity index (χ1n) is 11.1. The molecule has 0 atom stereocenters. The van der Waals surface area contributed by atoms with Crippen molar-refractivity contribution in [2.45, 2.75) is 6.37 Å². The van der Waals surface area contributed by atoms with Crippen LogP contribution in [-0.4, -0.2) is 4.98 Å². The first-order chi connectivity index (χ1) is 15.6. The maximum Gasteiger partial charge on any atom is 0.144 e. The van der Waals surface area contributed by atoms with Crippen LogP contribution in [-0.2, 0) is 6.37 Å². The van der Waals surface area contributed by atoms with E-state index in [1.165, 1.54) is 0 Å².